The summed E-state index contributed by atoms with van der Waals surface area (Å²) in [6.45, 7) is 1.06. The van der Waals surface area contributed by atoms with Gasteiger partial charge in [0.1, 0.15) is 11.9 Å². The number of cyclic esters (lactones) is 1. The Morgan fingerprint density at radius 3 is 2.75 bits per heavy atom. The fourth-order valence-electron chi connectivity index (χ4n) is 3.19. The van der Waals surface area contributed by atoms with Crippen LogP contribution in [-0.2, 0) is 14.8 Å². The Kier molecular flexibility index (Phi) is 6.35. The summed E-state index contributed by atoms with van der Waals surface area (Å²) in [5.41, 5.74) is 8.99. The largest absolute Gasteiger partial charge is 0.443 e. The Labute approximate surface area is 162 Å². The summed E-state index contributed by atoms with van der Waals surface area (Å²) >= 11 is 0. The maximum atomic E-state index is 14.7. The third-order valence-corrected chi connectivity index (χ3v) is 6.33. The highest BCUT2D eigenvalue weighted by Crippen LogP contribution is 2.28. The second kappa shape index (κ2) is 8.57. The molecule has 12 heteroatoms. The third-order valence-electron chi connectivity index (χ3n) is 4.65. The number of carbonyl (C=O) groups excluding carboxylic acids is 1. The summed E-state index contributed by atoms with van der Waals surface area (Å²) in [4.78, 5) is 15.0. The summed E-state index contributed by atoms with van der Waals surface area (Å²) in [7, 11) is -3.62. The fraction of sp³-hybridized carbons (Fsp3) is 0.562. The summed E-state index contributed by atoms with van der Waals surface area (Å²) in [5.74, 6) is -0.896. The molecule has 0 aromatic heterocycles. The number of hydrogen-bond donors (Lipinski definition) is 3. The lowest BCUT2D eigenvalue weighted by atomic mass is 10.2. The number of halogens is 1. The van der Waals surface area contributed by atoms with E-state index in [1.165, 1.54) is 11.0 Å². The number of hydrogen-bond acceptors (Lipinski definition) is 8. The smallest absolute Gasteiger partial charge is 0.414 e. The summed E-state index contributed by atoms with van der Waals surface area (Å²) < 4.78 is 45.1. The van der Waals surface area contributed by atoms with Crippen LogP contribution in [0.1, 0.15) is 0 Å². The normalized spacial score (nSPS) is 21.7. The number of hydrazine groups is 1. The van der Waals surface area contributed by atoms with Crippen molar-refractivity contribution in [2.45, 2.75) is 6.10 Å². The fourth-order valence-corrected chi connectivity index (χ4v) is 4.29. The summed E-state index contributed by atoms with van der Waals surface area (Å²) in [6.07, 6.45) is -0.981. The highest BCUT2D eigenvalue weighted by molar-refractivity contribution is 7.89. The lowest BCUT2D eigenvalue weighted by Crippen LogP contribution is -2.45. The monoisotopic (exact) mass is 417 g/mol. The van der Waals surface area contributed by atoms with Gasteiger partial charge in [-0.1, -0.05) is 0 Å². The van der Waals surface area contributed by atoms with E-state index in [-0.39, 0.29) is 31.9 Å². The van der Waals surface area contributed by atoms with Crippen molar-refractivity contribution in [2.24, 2.45) is 5.73 Å². The van der Waals surface area contributed by atoms with Crippen molar-refractivity contribution >= 4 is 27.5 Å². The highest BCUT2D eigenvalue weighted by Gasteiger charge is 2.32. The zero-order valence-electron chi connectivity index (χ0n) is 15.3. The van der Waals surface area contributed by atoms with E-state index >= 15 is 0 Å². The lowest BCUT2D eigenvalue weighted by molar-refractivity contribution is 0.145. The molecule has 0 aliphatic carbocycles. The number of benzene rings is 1. The van der Waals surface area contributed by atoms with Gasteiger partial charge in [-0.25, -0.2) is 23.0 Å². The number of amides is 1. The molecule has 2 fully saturated rings. The molecule has 2 aliphatic heterocycles. The second-order valence-electron chi connectivity index (χ2n) is 6.49. The number of nitrogens with two attached hydrogens (primary N) is 1. The van der Waals surface area contributed by atoms with Crippen LogP contribution in [0.2, 0.25) is 0 Å². The average molecular weight is 417 g/mol. The van der Waals surface area contributed by atoms with Gasteiger partial charge in [0.15, 0.2) is 0 Å². The van der Waals surface area contributed by atoms with Gasteiger partial charge >= 0.3 is 6.09 Å². The molecule has 0 radical (unpaired) electrons. The molecule has 156 valence electrons. The lowest BCUT2D eigenvalue weighted by Gasteiger charge is -2.24. The van der Waals surface area contributed by atoms with Crippen molar-refractivity contribution in [3.05, 3.63) is 24.0 Å². The molecule has 1 aromatic rings. The Hall–Kier alpha value is -1.99. The van der Waals surface area contributed by atoms with Gasteiger partial charge in [0.2, 0.25) is 10.0 Å². The number of sulfonamides is 1. The quantitative estimate of drug-likeness (QED) is 0.541. The van der Waals surface area contributed by atoms with E-state index in [2.05, 4.69) is 5.43 Å². The molecule has 4 N–H and O–H groups in total. The van der Waals surface area contributed by atoms with Gasteiger partial charge < -0.3 is 20.5 Å². The van der Waals surface area contributed by atoms with Crippen LogP contribution >= 0.6 is 0 Å². The number of anilines is 2. The van der Waals surface area contributed by atoms with Crippen molar-refractivity contribution < 1.29 is 27.4 Å². The SMILES string of the molecule is NC[C@H]1CN(c2ccc(N3CCNN(S(=O)(=O)CCO)CC3)c(F)c2)C(=O)O1. The van der Waals surface area contributed by atoms with Crippen LogP contribution < -0.4 is 21.0 Å². The highest BCUT2D eigenvalue weighted by atomic mass is 32.2. The van der Waals surface area contributed by atoms with E-state index in [4.69, 9.17) is 15.6 Å². The zero-order chi connectivity index (χ0) is 20.3. The molecule has 28 heavy (non-hydrogen) atoms. The topological polar surface area (TPSA) is 128 Å². The van der Waals surface area contributed by atoms with Gasteiger partial charge in [-0.3, -0.25) is 4.90 Å². The molecule has 2 aliphatic rings. The first-order valence-electron chi connectivity index (χ1n) is 8.93. The van der Waals surface area contributed by atoms with Crippen LogP contribution in [0, 0.1) is 5.82 Å². The Morgan fingerprint density at radius 2 is 2.11 bits per heavy atom. The maximum Gasteiger partial charge on any atom is 0.414 e. The van der Waals surface area contributed by atoms with Crippen molar-refractivity contribution in [3.63, 3.8) is 0 Å². The van der Waals surface area contributed by atoms with Gasteiger partial charge in [0.25, 0.3) is 0 Å². The second-order valence-corrected chi connectivity index (χ2v) is 8.51. The summed E-state index contributed by atoms with van der Waals surface area (Å²) in [5, 5.41) is 8.90. The first kappa shape index (κ1) is 20.7. The van der Waals surface area contributed by atoms with Crippen molar-refractivity contribution in [3.8, 4) is 0 Å². The van der Waals surface area contributed by atoms with Gasteiger partial charge in [-0.2, -0.15) is 0 Å². The molecule has 2 saturated heterocycles. The minimum atomic E-state index is -3.62. The van der Waals surface area contributed by atoms with Gasteiger partial charge in [0.05, 0.1) is 30.3 Å². The van der Waals surface area contributed by atoms with Crippen LogP contribution in [0.25, 0.3) is 0 Å². The number of aliphatic hydroxyl groups is 1. The molecule has 1 aromatic carbocycles. The zero-order valence-corrected chi connectivity index (χ0v) is 16.1. The molecule has 1 amide bonds. The minimum absolute atomic E-state index is 0.111. The van der Waals surface area contributed by atoms with E-state index in [0.717, 1.165) is 4.41 Å². The predicted molar refractivity (Wildman–Crippen MR) is 101 cm³/mol. The number of rotatable bonds is 6. The number of nitrogens with one attached hydrogen (secondary N) is 1. The average Bonchev–Trinajstić information content (AvgIpc) is 2.86. The van der Waals surface area contributed by atoms with E-state index in [9.17, 15) is 17.6 Å². The molecule has 0 spiro atoms. The summed E-state index contributed by atoms with van der Waals surface area (Å²) in [6, 6.07) is 4.44. The van der Waals surface area contributed by atoms with Gasteiger partial charge in [-0.15, -0.1) is 4.41 Å². The molecule has 0 unspecified atom stereocenters. The number of ether oxygens (including phenoxy) is 1. The van der Waals surface area contributed by atoms with E-state index in [1.807, 2.05) is 0 Å². The van der Waals surface area contributed by atoms with Crippen LogP contribution in [0.3, 0.4) is 0 Å². The first-order chi connectivity index (χ1) is 13.4. The standard InChI is InChI=1S/C16H24FN5O5S/c17-14-9-12(21-11-13(10-18)27-16(21)24)1-2-15(14)20-4-3-19-22(6-5-20)28(25,26)8-7-23/h1-2,9,13,19,23H,3-8,10-11,18H2/t13-/m0/s1. The molecule has 0 bridgehead atoms. The van der Waals surface area contributed by atoms with Crippen LogP contribution in [0.5, 0.6) is 0 Å². The number of aliphatic hydroxyl groups excluding tert-OH is 1. The van der Waals surface area contributed by atoms with E-state index < -0.39 is 34.6 Å². The van der Waals surface area contributed by atoms with Crippen molar-refractivity contribution in [2.75, 3.05) is 61.4 Å². The molecule has 0 saturated carbocycles. The molecule has 3 rings (SSSR count). The van der Waals surface area contributed by atoms with E-state index in [1.54, 1.807) is 17.0 Å². The molecular weight excluding hydrogens is 393 g/mol. The van der Waals surface area contributed by atoms with Crippen molar-refractivity contribution in [1.82, 2.24) is 9.84 Å². The number of carbonyl (C=O) groups is 1. The van der Waals surface area contributed by atoms with Crippen LogP contribution in [-0.4, -0.2) is 81.8 Å². The third kappa shape index (κ3) is 4.36. The maximum absolute atomic E-state index is 14.7. The van der Waals surface area contributed by atoms with Crippen LogP contribution in [0.15, 0.2) is 18.2 Å². The molecular formula is C16H24FN5O5S. The first-order valence-corrected chi connectivity index (χ1v) is 10.5. The Balaban J connectivity index is 1.72. The number of nitrogens with zero attached hydrogens (tertiary/aromatic N) is 3. The minimum Gasteiger partial charge on any atom is -0.443 e. The molecule has 10 nitrogen and oxygen atoms in total. The van der Waals surface area contributed by atoms with Gasteiger partial charge in [0, 0.05) is 32.7 Å². The Morgan fingerprint density at radius 1 is 1.32 bits per heavy atom. The Bertz CT molecular complexity index is 824. The van der Waals surface area contributed by atoms with Crippen LogP contribution in [0.4, 0.5) is 20.6 Å². The van der Waals surface area contributed by atoms with Crippen molar-refractivity contribution in [1.29, 1.82) is 0 Å². The molecule has 1 atom stereocenters. The van der Waals surface area contributed by atoms with E-state index in [0.29, 0.717) is 24.5 Å². The van der Waals surface area contributed by atoms with Gasteiger partial charge in [-0.05, 0) is 18.2 Å². The molecule has 2 heterocycles. The predicted octanol–water partition coefficient (Wildman–Crippen LogP) is -0.942.